The molecule has 0 saturated heterocycles. The lowest BCUT2D eigenvalue weighted by molar-refractivity contribution is 0.653. The summed E-state index contributed by atoms with van der Waals surface area (Å²) in [7, 11) is 0. The summed E-state index contributed by atoms with van der Waals surface area (Å²) in [6, 6.07) is 21.7. The molecule has 0 aliphatic carbocycles. The lowest BCUT2D eigenvalue weighted by atomic mass is 10.00. The lowest BCUT2D eigenvalue weighted by Gasteiger charge is -2.03. The first kappa shape index (κ1) is 9.40. The highest BCUT2D eigenvalue weighted by Gasteiger charge is 2.22. The Morgan fingerprint density at radius 3 is 2.05 bits per heavy atom. The van der Waals surface area contributed by atoms with Crippen molar-refractivity contribution in [3.8, 4) is 11.5 Å². The molecule has 0 radical (unpaired) electrons. The maximum Gasteiger partial charge on any atom is 0.177 e. The normalized spacial score (nSPS) is 12.6. The maximum atomic E-state index is 5.49. The van der Waals surface area contributed by atoms with Gasteiger partial charge in [0.1, 0.15) is 0 Å². The molecule has 0 amide bonds. The van der Waals surface area contributed by atoms with E-state index in [0.29, 0.717) is 0 Å². The molecule has 1 aliphatic heterocycles. The van der Waals surface area contributed by atoms with Crippen LogP contribution < -0.4 is 4.74 Å². The monoisotopic (exact) mass is 242 g/mol. The van der Waals surface area contributed by atoms with Crippen LogP contribution in [0.15, 0.2) is 60.7 Å². The minimum Gasteiger partial charge on any atom is -0.449 e. The molecule has 0 fully saturated rings. The summed E-state index contributed by atoms with van der Waals surface area (Å²) in [5.41, 5.74) is 0. The van der Waals surface area contributed by atoms with Gasteiger partial charge < -0.3 is 4.74 Å². The highest BCUT2D eigenvalue weighted by atomic mass is 16.6. The van der Waals surface area contributed by atoms with Crippen molar-refractivity contribution in [3.63, 3.8) is 0 Å². The van der Waals surface area contributed by atoms with Gasteiger partial charge in [-0.2, -0.15) is 0 Å². The van der Waals surface area contributed by atoms with Gasteiger partial charge in [0, 0.05) is 5.39 Å². The Morgan fingerprint density at radius 2 is 1.26 bits per heavy atom. The minimum atomic E-state index is 1.02. The van der Waals surface area contributed by atoms with Gasteiger partial charge >= 0.3 is 0 Å². The summed E-state index contributed by atoms with van der Waals surface area (Å²) in [6.07, 6.45) is 0. The van der Waals surface area contributed by atoms with Gasteiger partial charge in [-0.25, -0.2) is 0 Å². The van der Waals surface area contributed by atoms with Gasteiger partial charge in [0.2, 0.25) is 0 Å². The predicted molar refractivity (Wildman–Crippen MR) is 79.0 cm³/mol. The van der Waals surface area contributed by atoms with E-state index >= 15 is 0 Å². The second-order valence-electron chi connectivity index (χ2n) is 5.11. The number of ether oxygens (including phenoxy) is 1. The molecule has 4 aromatic rings. The Bertz CT molecular complexity index is 983. The smallest absolute Gasteiger partial charge is 0.177 e. The SMILES string of the molecule is c1ccc2cc3cc4c5c(ccc4cc3cc2c1)O5. The van der Waals surface area contributed by atoms with E-state index in [0.717, 1.165) is 11.5 Å². The van der Waals surface area contributed by atoms with Crippen LogP contribution in [0.5, 0.6) is 11.5 Å². The molecule has 1 heteroatoms. The summed E-state index contributed by atoms with van der Waals surface area (Å²) in [5.74, 6) is 2.07. The van der Waals surface area contributed by atoms with E-state index < -0.39 is 0 Å². The van der Waals surface area contributed by atoms with E-state index in [9.17, 15) is 0 Å². The molecule has 0 atom stereocenters. The molecular weight excluding hydrogens is 232 g/mol. The Balaban J connectivity index is 1.98. The van der Waals surface area contributed by atoms with Gasteiger partial charge in [0.25, 0.3) is 0 Å². The van der Waals surface area contributed by atoms with Crippen molar-refractivity contribution < 1.29 is 4.74 Å². The first-order valence-electron chi connectivity index (χ1n) is 6.46. The molecule has 0 saturated carbocycles. The van der Waals surface area contributed by atoms with Crippen molar-refractivity contribution in [2.75, 3.05) is 0 Å². The van der Waals surface area contributed by atoms with Gasteiger partial charge in [-0.05, 0) is 57.3 Å². The zero-order valence-corrected chi connectivity index (χ0v) is 10.2. The summed E-state index contributed by atoms with van der Waals surface area (Å²) in [5, 5.41) is 7.60. The average Bonchev–Trinajstić information content (AvgIpc) is 3.23. The van der Waals surface area contributed by atoms with Crippen LogP contribution in [0.3, 0.4) is 0 Å². The molecule has 0 aromatic heterocycles. The molecule has 1 heterocycles. The van der Waals surface area contributed by atoms with Crippen molar-refractivity contribution in [1.82, 2.24) is 0 Å². The fourth-order valence-electron chi connectivity index (χ4n) is 2.89. The van der Waals surface area contributed by atoms with Crippen LogP contribution in [-0.4, -0.2) is 0 Å². The number of hydrogen-bond acceptors (Lipinski definition) is 1. The fourth-order valence-corrected chi connectivity index (χ4v) is 2.89. The van der Waals surface area contributed by atoms with Crippen LogP contribution in [0.25, 0.3) is 32.3 Å². The van der Waals surface area contributed by atoms with Crippen molar-refractivity contribution >= 4 is 32.3 Å². The average molecular weight is 242 g/mol. The van der Waals surface area contributed by atoms with Crippen LogP contribution in [0.2, 0.25) is 0 Å². The van der Waals surface area contributed by atoms with Crippen LogP contribution in [0.4, 0.5) is 0 Å². The third kappa shape index (κ3) is 1.24. The van der Waals surface area contributed by atoms with Crippen LogP contribution in [-0.2, 0) is 0 Å². The predicted octanol–water partition coefficient (Wildman–Crippen LogP) is 5.25. The number of benzene rings is 4. The second-order valence-corrected chi connectivity index (χ2v) is 5.11. The number of fused-ring (bicyclic) bond motifs is 5. The van der Waals surface area contributed by atoms with Gasteiger partial charge in [0.05, 0.1) is 0 Å². The molecule has 0 spiro atoms. The molecule has 1 aliphatic rings. The second kappa shape index (κ2) is 3.07. The quantitative estimate of drug-likeness (QED) is 0.267. The third-order valence-corrected chi connectivity index (χ3v) is 3.93. The van der Waals surface area contributed by atoms with Gasteiger partial charge in [-0.15, -0.1) is 0 Å². The van der Waals surface area contributed by atoms with Crippen LogP contribution in [0, 0.1) is 0 Å². The van der Waals surface area contributed by atoms with Crippen molar-refractivity contribution in [2.24, 2.45) is 0 Å². The number of hydrogen-bond donors (Lipinski definition) is 0. The Morgan fingerprint density at radius 1 is 0.579 bits per heavy atom. The summed E-state index contributed by atoms with van der Waals surface area (Å²) in [6.45, 7) is 0. The number of rotatable bonds is 0. The summed E-state index contributed by atoms with van der Waals surface area (Å²) in [4.78, 5) is 0. The molecule has 0 N–H and O–H groups in total. The van der Waals surface area contributed by atoms with E-state index in [1.54, 1.807) is 0 Å². The molecule has 4 aromatic carbocycles. The fraction of sp³-hybridized carbons (Fsp3) is 0. The third-order valence-electron chi connectivity index (χ3n) is 3.93. The molecular formula is C18H10O. The summed E-state index contributed by atoms with van der Waals surface area (Å²) >= 11 is 0. The first-order valence-corrected chi connectivity index (χ1v) is 6.46. The standard InChI is InChI=1S/C18H10O/c1-2-4-12-8-15-10-16-13(5-6-17-18(16)19-17)9-14(15)7-11(12)3-1/h1-10H. The van der Waals surface area contributed by atoms with E-state index in [4.69, 9.17) is 4.74 Å². The topological polar surface area (TPSA) is 12.5 Å². The van der Waals surface area contributed by atoms with Crippen LogP contribution in [0.1, 0.15) is 0 Å². The Hall–Kier alpha value is -2.54. The summed E-state index contributed by atoms with van der Waals surface area (Å²) < 4.78 is 5.49. The molecule has 0 unspecified atom stereocenters. The van der Waals surface area contributed by atoms with E-state index in [2.05, 4.69) is 54.6 Å². The Labute approximate surface area is 110 Å². The van der Waals surface area contributed by atoms with Crippen molar-refractivity contribution in [3.05, 3.63) is 60.7 Å². The highest BCUT2D eigenvalue weighted by molar-refractivity contribution is 6.07. The zero-order valence-electron chi connectivity index (χ0n) is 10.2. The van der Waals surface area contributed by atoms with Crippen molar-refractivity contribution in [2.45, 2.75) is 0 Å². The van der Waals surface area contributed by atoms with E-state index in [1.165, 1.54) is 32.3 Å². The molecule has 88 valence electrons. The van der Waals surface area contributed by atoms with E-state index in [-0.39, 0.29) is 0 Å². The van der Waals surface area contributed by atoms with Gasteiger partial charge in [-0.1, -0.05) is 30.3 Å². The molecule has 1 nitrogen and oxygen atoms in total. The largest absolute Gasteiger partial charge is 0.449 e. The van der Waals surface area contributed by atoms with Gasteiger partial charge in [0.15, 0.2) is 11.5 Å². The lowest BCUT2D eigenvalue weighted by Crippen LogP contribution is -1.77. The molecule has 5 rings (SSSR count). The van der Waals surface area contributed by atoms with Gasteiger partial charge in [-0.3, -0.25) is 0 Å². The van der Waals surface area contributed by atoms with E-state index in [1.807, 2.05) is 6.07 Å². The minimum absolute atomic E-state index is 1.02. The first-order chi connectivity index (χ1) is 9.38. The zero-order chi connectivity index (χ0) is 12.4. The van der Waals surface area contributed by atoms with Crippen molar-refractivity contribution in [1.29, 1.82) is 0 Å². The Kier molecular flexibility index (Phi) is 1.52. The molecule has 19 heavy (non-hydrogen) atoms. The highest BCUT2D eigenvalue weighted by Crippen LogP contribution is 2.51. The molecule has 0 bridgehead atoms. The maximum absolute atomic E-state index is 5.49. The van der Waals surface area contributed by atoms with Crippen LogP contribution >= 0.6 is 0 Å².